The van der Waals surface area contributed by atoms with E-state index >= 15 is 0 Å². The molecular weight excluding hydrogens is 311 g/mol. The van der Waals surface area contributed by atoms with E-state index in [1.165, 1.54) is 17.0 Å². The van der Waals surface area contributed by atoms with Crippen molar-refractivity contribution in [3.8, 4) is 0 Å². The zero-order chi connectivity index (χ0) is 16.4. The molecule has 8 heteroatoms. The smallest absolute Gasteiger partial charge is 0.268 e. The maximum atomic E-state index is 13.5. The van der Waals surface area contributed by atoms with Crippen LogP contribution in [0.2, 0.25) is 0 Å². The summed E-state index contributed by atoms with van der Waals surface area (Å²) in [5.41, 5.74) is 2.06. The van der Waals surface area contributed by atoms with Gasteiger partial charge in [-0.15, -0.1) is 5.10 Å². The first kappa shape index (κ1) is 13.6. The molecule has 5 rings (SSSR count). The second-order valence-electron chi connectivity index (χ2n) is 6.24. The van der Waals surface area contributed by atoms with Gasteiger partial charge in [0.25, 0.3) is 11.7 Å². The first-order chi connectivity index (χ1) is 11.6. The largest absolute Gasteiger partial charge is 0.268 e. The van der Waals surface area contributed by atoms with Crippen molar-refractivity contribution in [2.45, 2.75) is 18.8 Å². The van der Waals surface area contributed by atoms with Crippen LogP contribution in [0.4, 0.5) is 10.1 Å². The van der Waals surface area contributed by atoms with Crippen molar-refractivity contribution >= 4 is 23.8 Å². The van der Waals surface area contributed by atoms with Crippen LogP contribution in [0.25, 0.3) is 5.82 Å². The number of hydrogen-bond donors (Lipinski definition) is 1. The van der Waals surface area contributed by atoms with Crippen molar-refractivity contribution in [2.75, 3.05) is 7.05 Å². The van der Waals surface area contributed by atoms with E-state index < -0.39 is 5.82 Å². The minimum absolute atomic E-state index is 0.251. The highest BCUT2D eigenvalue weighted by molar-refractivity contribution is 6.01. The van der Waals surface area contributed by atoms with Gasteiger partial charge in [-0.05, 0) is 25.0 Å². The van der Waals surface area contributed by atoms with Crippen LogP contribution in [0.3, 0.4) is 0 Å². The molecule has 0 radical (unpaired) electrons. The van der Waals surface area contributed by atoms with Gasteiger partial charge in [-0.25, -0.2) is 9.29 Å². The number of carbonyl (C=O) groups excluding carboxylic acids is 1. The highest BCUT2D eigenvalue weighted by atomic mass is 19.1. The van der Waals surface area contributed by atoms with Crippen molar-refractivity contribution in [2.24, 2.45) is 4.99 Å². The molecule has 1 fully saturated rings. The Hall–Kier alpha value is -2.87. The summed E-state index contributed by atoms with van der Waals surface area (Å²) in [5.74, 6) is 1.06. The summed E-state index contributed by atoms with van der Waals surface area (Å²) in [6, 6.07) is 4.26. The highest BCUT2D eigenvalue weighted by Crippen LogP contribution is 2.40. The fraction of sp³-hybridized carbons (Fsp3) is 0.250. The van der Waals surface area contributed by atoms with Gasteiger partial charge in [0.05, 0.1) is 11.9 Å². The Morgan fingerprint density at radius 1 is 1.33 bits per heavy atom. The summed E-state index contributed by atoms with van der Waals surface area (Å²) in [6.07, 6.45) is 5.70. The summed E-state index contributed by atoms with van der Waals surface area (Å²) in [7, 11) is 1.67. The second-order valence-corrected chi connectivity index (χ2v) is 6.24. The molecule has 1 aliphatic carbocycles. The molecule has 2 aliphatic heterocycles. The zero-order valence-electron chi connectivity index (χ0n) is 12.9. The fourth-order valence-corrected chi connectivity index (χ4v) is 3.33. The molecule has 1 aromatic heterocycles. The van der Waals surface area contributed by atoms with Gasteiger partial charge in [0, 0.05) is 19.0 Å². The number of quaternary nitrogens is 1. The molecule has 120 valence electrons. The summed E-state index contributed by atoms with van der Waals surface area (Å²) in [6.45, 7) is 0. The number of amides is 1. The number of benzene rings is 1. The van der Waals surface area contributed by atoms with Gasteiger partial charge in [-0.3, -0.25) is 9.69 Å². The molecular formula is C16H14FN6O+. The quantitative estimate of drug-likeness (QED) is 0.885. The third kappa shape index (κ3) is 1.74. The first-order valence-electron chi connectivity index (χ1n) is 7.80. The van der Waals surface area contributed by atoms with Crippen molar-refractivity contribution in [1.29, 1.82) is 0 Å². The number of nitrogens with one attached hydrogen (secondary N) is 1. The molecule has 0 bridgehead atoms. The van der Waals surface area contributed by atoms with E-state index in [9.17, 15) is 9.18 Å². The standard InChI is InChI=1S/C16H13FN6O/c1-21-15-14(23-13(7-19-20-23)9-2-3-9)18-8-22(15)12-5-4-10(17)6-11(12)16(21)24/h4-9H,2-3H2,1H3/p+1. The maximum Gasteiger partial charge on any atom is 0.268 e. The molecule has 1 unspecified atom stereocenters. The van der Waals surface area contributed by atoms with Crippen molar-refractivity contribution < 1.29 is 14.1 Å². The Morgan fingerprint density at radius 2 is 2.17 bits per heavy atom. The predicted octanol–water partition coefficient (Wildman–Crippen LogP) is 0.722. The number of carbonyl (C=O) groups is 1. The normalized spacial score (nSPS) is 22.2. The minimum Gasteiger partial charge on any atom is -0.268 e. The Kier molecular flexibility index (Phi) is 2.58. The monoisotopic (exact) mass is 325 g/mol. The Balaban J connectivity index is 1.70. The van der Waals surface area contributed by atoms with Gasteiger partial charge >= 0.3 is 0 Å². The molecule has 1 N–H and O–H groups in total. The molecule has 7 nitrogen and oxygen atoms in total. The number of aromatic nitrogens is 3. The summed E-state index contributed by atoms with van der Waals surface area (Å²) in [5, 5.41) is 8.17. The molecule has 0 saturated heterocycles. The summed E-state index contributed by atoms with van der Waals surface area (Å²) >= 11 is 0. The molecule has 1 aromatic carbocycles. The second kappa shape index (κ2) is 4.57. The van der Waals surface area contributed by atoms with Crippen LogP contribution in [0, 0.1) is 5.82 Å². The Bertz CT molecular complexity index is 942. The van der Waals surface area contributed by atoms with Crippen molar-refractivity contribution in [3.63, 3.8) is 0 Å². The van der Waals surface area contributed by atoms with Crippen LogP contribution in [0.5, 0.6) is 0 Å². The topological polar surface area (TPSA) is 67.8 Å². The lowest BCUT2D eigenvalue weighted by atomic mass is 10.1. The molecule has 2 aromatic rings. The van der Waals surface area contributed by atoms with Crippen molar-refractivity contribution in [3.05, 3.63) is 47.3 Å². The van der Waals surface area contributed by atoms with Crippen LogP contribution in [0.15, 0.2) is 35.2 Å². The molecule has 3 aliphatic rings. The van der Waals surface area contributed by atoms with E-state index in [0.29, 0.717) is 28.8 Å². The van der Waals surface area contributed by atoms with E-state index in [0.717, 1.165) is 23.4 Å². The molecule has 1 saturated carbocycles. The summed E-state index contributed by atoms with van der Waals surface area (Å²) in [4.78, 5) is 19.5. The molecule has 0 spiro atoms. The lowest BCUT2D eigenvalue weighted by molar-refractivity contribution is -0.685. The van der Waals surface area contributed by atoms with Gasteiger partial charge in [0.15, 0.2) is 5.69 Å². The molecule has 1 amide bonds. The van der Waals surface area contributed by atoms with Crippen LogP contribution in [0.1, 0.15) is 34.8 Å². The number of halogens is 1. The van der Waals surface area contributed by atoms with Crippen LogP contribution in [-0.4, -0.2) is 39.2 Å². The van der Waals surface area contributed by atoms with Gasteiger partial charge in [0.1, 0.15) is 11.4 Å². The minimum atomic E-state index is -0.425. The van der Waals surface area contributed by atoms with Crippen molar-refractivity contribution in [1.82, 2.24) is 19.9 Å². The fourth-order valence-electron chi connectivity index (χ4n) is 3.33. The third-order valence-corrected chi connectivity index (χ3v) is 4.70. The average molecular weight is 325 g/mol. The highest BCUT2D eigenvalue weighted by Gasteiger charge is 2.43. The maximum absolute atomic E-state index is 13.5. The zero-order valence-corrected chi connectivity index (χ0v) is 12.9. The molecule has 1 atom stereocenters. The van der Waals surface area contributed by atoms with Gasteiger partial charge in [0.2, 0.25) is 12.2 Å². The van der Waals surface area contributed by atoms with E-state index in [1.54, 1.807) is 30.3 Å². The Labute approximate surface area is 136 Å². The Morgan fingerprint density at radius 3 is 2.96 bits per heavy atom. The average Bonchev–Trinajstić information content (AvgIpc) is 3.14. The number of aliphatic imine (C=N–C) groups is 1. The number of rotatable bonds is 2. The van der Waals surface area contributed by atoms with Gasteiger partial charge < -0.3 is 0 Å². The lowest BCUT2D eigenvalue weighted by Crippen LogP contribution is -3.06. The van der Waals surface area contributed by atoms with Crippen LogP contribution in [-0.2, 0) is 0 Å². The molecule has 3 heterocycles. The van der Waals surface area contributed by atoms with Gasteiger partial charge in [-0.1, -0.05) is 5.21 Å². The predicted molar refractivity (Wildman–Crippen MR) is 82.8 cm³/mol. The van der Waals surface area contributed by atoms with Gasteiger partial charge in [-0.2, -0.15) is 9.67 Å². The number of hydrogen-bond acceptors (Lipinski definition) is 4. The van der Waals surface area contributed by atoms with Crippen LogP contribution >= 0.6 is 0 Å². The number of fused-ring (bicyclic) bond motifs is 3. The molecule has 24 heavy (non-hydrogen) atoms. The van der Waals surface area contributed by atoms with E-state index in [-0.39, 0.29) is 5.91 Å². The lowest BCUT2D eigenvalue weighted by Gasteiger charge is -2.28. The van der Waals surface area contributed by atoms with E-state index in [2.05, 4.69) is 15.3 Å². The summed E-state index contributed by atoms with van der Waals surface area (Å²) < 4.78 is 15.3. The first-order valence-corrected chi connectivity index (χ1v) is 7.80. The van der Waals surface area contributed by atoms with Crippen LogP contribution < -0.4 is 4.90 Å². The van der Waals surface area contributed by atoms with E-state index in [4.69, 9.17) is 0 Å². The van der Waals surface area contributed by atoms with E-state index in [1.807, 2.05) is 0 Å². The third-order valence-electron chi connectivity index (χ3n) is 4.70. The number of nitrogens with zero attached hydrogens (tertiary/aromatic N) is 5. The SMILES string of the molecule is CN1C(=O)c2cc(F)ccc2[NH+]2C=NC(n3nncc3C3CC3)=C12.